The number of carbonyl (C=O) groups is 3. The number of ether oxygens (including phenoxy) is 1. The molecule has 1 spiro atoms. The van der Waals surface area contributed by atoms with E-state index in [2.05, 4.69) is 21.9 Å². The maximum absolute atomic E-state index is 15.2. The molecule has 0 unspecified atom stereocenters. The minimum Gasteiger partial charge on any atom is -0.454 e. The van der Waals surface area contributed by atoms with Crippen molar-refractivity contribution in [3.63, 3.8) is 0 Å². The largest absolute Gasteiger partial charge is 0.454 e. The van der Waals surface area contributed by atoms with Crippen LogP contribution in [-0.2, 0) is 9.59 Å². The Morgan fingerprint density at radius 1 is 1.05 bits per heavy atom. The summed E-state index contributed by atoms with van der Waals surface area (Å²) in [6.45, 7) is 1.80. The highest BCUT2D eigenvalue weighted by molar-refractivity contribution is 6.26. The molecule has 11 heteroatoms. The first kappa shape index (κ1) is 26.2. The van der Waals surface area contributed by atoms with E-state index in [0.717, 1.165) is 11.0 Å². The number of carbonyl (C=O) groups excluding carboxylic acids is 3. The number of nitrogens with zero attached hydrogens (tertiary/aromatic N) is 3. The van der Waals surface area contributed by atoms with Crippen molar-refractivity contribution in [3.8, 4) is 29.0 Å². The molecule has 0 saturated heterocycles. The van der Waals surface area contributed by atoms with Crippen molar-refractivity contribution < 1.29 is 27.9 Å². The zero-order valence-corrected chi connectivity index (χ0v) is 22.6. The van der Waals surface area contributed by atoms with E-state index in [1.807, 2.05) is 0 Å². The predicted molar refractivity (Wildman–Crippen MR) is 153 cm³/mol. The van der Waals surface area contributed by atoms with Crippen molar-refractivity contribution >= 4 is 40.0 Å². The van der Waals surface area contributed by atoms with Gasteiger partial charge >= 0.3 is 5.91 Å². The number of nitrogen functional groups attached to an aromatic ring is 1. The summed E-state index contributed by atoms with van der Waals surface area (Å²) in [4.78, 5) is 42.6. The molecule has 1 aliphatic heterocycles. The topological polar surface area (TPSA) is 123 Å². The van der Waals surface area contributed by atoms with Gasteiger partial charge in [-0.05, 0) is 79.8 Å². The number of nitrogens with two attached hydrogens (primary N) is 1. The smallest absolute Gasteiger partial charge is 0.309 e. The van der Waals surface area contributed by atoms with E-state index in [1.54, 1.807) is 37.3 Å². The lowest BCUT2D eigenvalue weighted by atomic mass is 10.0. The molecular formula is C32H21F2N5O4. The summed E-state index contributed by atoms with van der Waals surface area (Å²) in [7, 11) is 0. The lowest BCUT2D eigenvalue weighted by Gasteiger charge is -2.24. The number of anilines is 2. The van der Waals surface area contributed by atoms with Gasteiger partial charge in [-0.15, -0.1) is 0 Å². The number of para-hydroxylation sites is 1. The van der Waals surface area contributed by atoms with Gasteiger partial charge in [0.25, 0.3) is 5.91 Å². The first-order chi connectivity index (χ1) is 20.6. The molecule has 3 aromatic carbocycles. The van der Waals surface area contributed by atoms with E-state index in [4.69, 9.17) is 10.5 Å². The van der Waals surface area contributed by atoms with Gasteiger partial charge < -0.3 is 15.5 Å². The van der Waals surface area contributed by atoms with Crippen LogP contribution in [0.1, 0.15) is 34.5 Å². The zero-order valence-electron chi connectivity index (χ0n) is 22.6. The average Bonchev–Trinajstić information content (AvgIpc) is 3.51. The number of rotatable bonds is 6. The summed E-state index contributed by atoms with van der Waals surface area (Å²) in [5, 5.41) is 4.66. The molecule has 1 aliphatic carbocycles. The fourth-order valence-corrected chi connectivity index (χ4v) is 5.16. The molecule has 212 valence electrons. The molecule has 43 heavy (non-hydrogen) atoms. The van der Waals surface area contributed by atoms with Crippen LogP contribution in [0.15, 0.2) is 66.9 Å². The van der Waals surface area contributed by atoms with Crippen molar-refractivity contribution in [3.05, 3.63) is 95.3 Å². The number of aromatic nitrogens is 3. The predicted octanol–water partition coefficient (Wildman–Crippen LogP) is 5.20. The number of benzene rings is 3. The van der Waals surface area contributed by atoms with E-state index >= 15 is 4.39 Å². The Morgan fingerprint density at radius 2 is 1.84 bits per heavy atom. The van der Waals surface area contributed by atoms with E-state index < -0.39 is 34.6 Å². The molecule has 3 heterocycles. The number of amides is 2. The number of nitrogens with one attached hydrogen (secondary N) is 1. The molecule has 0 bridgehead atoms. The lowest BCUT2D eigenvalue weighted by molar-refractivity contribution is -0.127. The summed E-state index contributed by atoms with van der Waals surface area (Å²) in [6.07, 6.45) is 2.37. The van der Waals surface area contributed by atoms with Crippen molar-refractivity contribution in [1.82, 2.24) is 14.8 Å². The Hall–Kier alpha value is -5.76. The van der Waals surface area contributed by atoms with E-state index in [0.29, 0.717) is 40.7 Å². The van der Waals surface area contributed by atoms with Gasteiger partial charge in [0.1, 0.15) is 22.8 Å². The maximum atomic E-state index is 15.2. The second kappa shape index (κ2) is 9.39. The van der Waals surface area contributed by atoms with Gasteiger partial charge in [-0.2, -0.15) is 5.10 Å². The summed E-state index contributed by atoms with van der Waals surface area (Å²) < 4.78 is 36.2. The summed E-state index contributed by atoms with van der Waals surface area (Å²) in [5.41, 5.74) is 7.04. The number of H-pyrrole nitrogens is 1. The minimum absolute atomic E-state index is 0.0687. The minimum atomic E-state index is -0.921. The number of aromatic amines is 1. The average molecular weight is 578 g/mol. The second-order valence-corrected chi connectivity index (χ2v) is 10.5. The van der Waals surface area contributed by atoms with Crippen molar-refractivity contribution in [2.45, 2.75) is 19.8 Å². The number of hydrogen-bond acceptors (Lipinski definition) is 6. The van der Waals surface area contributed by atoms with Crippen molar-refractivity contribution in [2.24, 2.45) is 5.41 Å². The van der Waals surface area contributed by atoms with Crippen molar-refractivity contribution in [2.75, 3.05) is 10.6 Å². The highest BCUT2D eigenvalue weighted by Gasteiger charge is 2.54. The molecule has 0 radical (unpaired) electrons. The standard InChI is InChI=1S/C32H21F2N5O4/c1-17-12-19(43-27-5-3-2-4-21(27)33)6-7-25(17)39-30(35)20(16-36-39)29(41)24-14-18-13-22(34)26(15-23(18)37-24)38-28(40)8-9-32(10-11-32)31(38)42/h2-7,12-16,37H,10-11,35H2,1H3. The fourth-order valence-electron chi connectivity index (χ4n) is 5.16. The zero-order chi connectivity index (χ0) is 30.0. The van der Waals surface area contributed by atoms with Crippen LogP contribution in [0.2, 0.25) is 0 Å². The van der Waals surface area contributed by atoms with Crippen LogP contribution in [0, 0.1) is 35.8 Å². The van der Waals surface area contributed by atoms with Crippen LogP contribution < -0.4 is 15.4 Å². The van der Waals surface area contributed by atoms with Crippen LogP contribution in [0.25, 0.3) is 16.6 Å². The third-order valence-electron chi connectivity index (χ3n) is 7.66. The van der Waals surface area contributed by atoms with Gasteiger partial charge in [0.2, 0.25) is 5.78 Å². The first-order valence-corrected chi connectivity index (χ1v) is 13.3. The van der Waals surface area contributed by atoms with Gasteiger partial charge in [-0.3, -0.25) is 14.4 Å². The Labute approximate surface area is 242 Å². The Bertz CT molecular complexity index is 2100. The highest BCUT2D eigenvalue weighted by Crippen LogP contribution is 2.49. The molecule has 5 aromatic rings. The number of hydrogen-bond donors (Lipinski definition) is 2. The molecule has 2 aliphatic rings. The monoisotopic (exact) mass is 577 g/mol. The van der Waals surface area contributed by atoms with Crippen molar-refractivity contribution in [1.29, 1.82) is 0 Å². The molecule has 2 aromatic heterocycles. The summed E-state index contributed by atoms with van der Waals surface area (Å²) >= 11 is 0. The van der Waals surface area contributed by atoms with Crippen LogP contribution >= 0.6 is 0 Å². The molecule has 0 atom stereocenters. The number of imide groups is 1. The fraction of sp³-hybridized carbons (Fsp3) is 0.125. The third kappa shape index (κ3) is 4.23. The Balaban J connectivity index is 1.17. The third-order valence-corrected chi connectivity index (χ3v) is 7.66. The molecule has 1 fully saturated rings. The van der Waals surface area contributed by atoms with Gasteiger partial charge in [0.05, 0.1) is 28.8 Å². The van der Waals surface area contributed by atoms with E-state index in [-0.39, 0.29) is 28.5 Å². The number of ketones is 1. The molecular weight excluding hydrogens is 556 g/mol. The summed E-state index contributed by atoms with van der Waals surface area (Å²) in [6, 6.07) is 15.0. The van der Waals surface area contributed by atoms with Gasteiger partial charge in [-0.25, -0.2) is 18.4 Å². The maximum Gasteiger partial charge on any atom is 0.309 e. The van der Waals surface area contributed by atoms with E-state index in [1.165, 1.54) is 35.1 Å². The molecule has 1 saturated carbocycles. The quantitative estimate of drug-likeness (QED) is 0.162. The van der Waals surface area contributed by atoms with Gasteiger partial charge in [0, 0.05) is 10.9 Å². The number of fused-ring (bicyclic) bond motifs is 1. The Morgan fingerprint density at radius 3 is 2.58 bits per heavy atom. The van der Waals surface area contributed by atoms with Crippen LogP contribution in [-0.4, -0.2) is 32.4 Å². The molecule has 3 N–H and O–H groups in total. The van der Waals surface area contributed by atoms with Gasteiger partial charge in [0.15, 0.2) is 11.6 Å². The number of aryl methyl sites for hydroxylation is 1. The van der Waals surface area contributed by atoms with Gasteiger partial charge in [-0.1, -0.05) is 18.1 Å². The van der Waals surface area contributed by atoms with Crippen LogP contribution in [0.4, 0.5) is 20.3 Å². The SMILES string of the molecule is Cc1cc(Oc2ccccc2F)ccc1-n1ncc(C(=O)c2cc3cc(F)c(N4C(=O)C#CC5(CC5)C4=O)cc3[nH]2)c1N. The molecule has 2 amide bonds. The lowest BCUT2D eigenvalue weighted by Crippen LogP contribution is -2.44. The van der Waals surface area contributed by atoms with Crippen LogP contribution in [0.5, 0.6) is 11.5 Å². The van der Waals surface area contributed by atoms with E-state index in [9.17, 15) is 18.8 Å². The van der Waals surface area contributed by atoms with Crippen LogP contribution in [0.3, 0.4) is 0 Å². The number of halogens is 2. The molecule has 7 rings (SSSR count). The Kier molecular flexibility index (Phi) is 5.71. The molecule has 9 nitrogen and oxygen atoms in total. The first-order valence-electron chi connectivity index (χ1n) is 13.3. The highest BCUT2D eigenvalue weighted by atomic mass is 19.1. The summed E-state index contributed by atoms with van der Waals surface area (Å²) in [5.74, 6) is 2.55. The normalized spacial score (nSPS) is 15.1. The second-order valence-electron chi connectivity index (χ2n) is 10.5.